The van der Waals surface area contributed by atoms with Crippen molar-refractivity contribution in [1.29, 1.82) is 0 Å². The third kappa shape index (κ3) is 3.15. The Morgan fingerprint density at radius 1 is 1.04 bits per heavy atom. The van der Waals surface area contributed by atoms with Crippen LogP contribution in [0.15, 0.2) is 73.1 Å². The zero-order valence-electron chi connectivity index (χ0n) is 15.4. The van der Waals surface area contributed by atoms with Crippen molar-refractivity contribution in [2.45, 2.75) is 31.9 Å². The largest absolute Gasteiger partial charge is 0.459 e. The number of rotatable bonds is 4. The van der Waals surface area contributed by atoms with Crippen molar-refractivity contribution >= 4 is 18.4 Å². The molecule has 0 amide bonds. The second kappa shape index (κ2) is 7.57. The van der Waals surface area contributed by atoms with E-state index in [1.807, 2.05) is 84.7 Å². The van der Waals surface area contributed by atoms with Crippen LogP contribution in [-0.4, -0.2) is 21.9 Å². The number of cyclic esters (lactones) is 1. The second-order valence-electron chi connectivity index (χ2n) is 7.01. The number of aromatic nitrogens is 2. The van der Waals surface area contributed by atoms with Gasteiger partial charge in [0.1, 0.15) is 11.5 Å². The van der Waals surface area contributed by atoms with Crippen molar-refractivity contribution in [2.75, 3.05) is 0 Å². The summed E-state index contributed by atoms with van der Waals surface area (Å²) in [6.45, 7) is 4.67. The standard InChI is InChI=1S/C22H22N2O2.ClH/c1-16-13-23-24(14-16)15-20-17(2)22(21(25)26-20,18-9-5-3-6-10-18)19-11-7-4-8-12-19;/h3-14,17,20H,15H2,1-2H3;1H. The average molecular weight is 383 g/mol. The predicted molar refractivity (Wildman–Crippen MR) is 107 cm³/mol. The first kappa shape index (κ1) is 19.2. The zero-order valence-corrected chi connectivity index (χ0v) is 16.2. The summed E-state index contributed by atoms with van der Waals surface area (Å²) < 4.78 is 7.77. The van der Waals surface area contributed by atoms with Gasteiger partial charge in [-0.2, -0.15) is 5.10 Å². The number of hydrogen-bond acceptors (Lipinski definition) is 3. The molecule has 27 heavy (non-hydrogen) atoms. The Bertz CT molecular complexity index is 869. The van der Waals surface area contributed by atoms with Crippen molar-refractivity contribution in [3.05, 3.63) is 89.7 Å². The molecule has 0 N–H and O–H groups in total. The molecule has 1 aromatic heterocycles. The quantitative estimate of drug-likeness (QED) is 0.636. The molecule has 5 heteroatoms. The maximum absolute atomic E-state index is 13.3. The average Bonchev–Trinajstić information content (AvgIpc) is 3.18. The molecule has 2 atom stereocenters. The maximum Gasteiger partial charge on any atom is 0.321 e. The lowest BCUT2D eigenvalue weighted by Crippen LogP contribution is -2.39. The molecule has 3 aromatic rings. The predicted octanol–water partition coefficient (Wildman–Crippen LogP) is 4.16. The van der Waals surface area contributed by atoms with Crippen molar-refractivity contribution in [1.82, 2.24) is 9.78 Å². The normalized spacial score (nSPS) is 20.7. The van der Waals surface area contributed by atoms with Crippen molar-refractivity contribution in [3.63, 3.8) is 0 Å². The molecule has 0 spiro atoms. The number of benzene rings is 2. The van der Waals surface area contributed by atoms with Crippen LogP contribution in [0.4, 0.5) is 0 Å². The van der Waals surface area contributed by atoms with Gasteiger partial charge in [-0.1, -0.05) is 67.6 Å². The van der Waals surface area contributed by atoms with Crippen molar-refractivity contribution < 1.29 is 9.53 Å². The minimum absolute atomic E-state index is 0. The lowest BCUT2D eigenvalue weighted by molar-refractivity contribution is -0.145. The SMILES string of the molecule is Cc1cnn(CC2OC(=O)C(c3ccccc3)(c3ccccc3)C2C)c1.Cl. The van der Waals surface area contributed by atoms with E-state index < -0.39 is 5.41 Å². The Balaban J connectivity index is 0.00000210. The molecule has 140 valence electrons. The highest BCUT2D eigenvalue weighted by molar-refractivity contribution is 5.90. The van der Waals surface area contributed by atoms with Crippen molar-refractivity contribution in [2.24, 2.45) is 5.92 Å². The Morgan fingerprint density at radius 2 is 1.59 bits per heavy atom. The van der Waals surface area contributed by atoms with Crippen molar-refractivity contribution in [3.8, 4) is 0 Å². The lowest BCUT2D eigenvalue weighted by atomic mass is 9.66. The highest BCUT2D eigenvalue weighted by Gasteiger charge is 2.57. The summed E-state index contributed by atoms with van der Waals surface area (Å²) in [6, 6.07) is 19.9. The fraction of sp³-hybridized carbons (Fsp3) is 0.273. The fourth-order valence-electron chi connectivity index (χ4n) is 4.07. The molecule has 1 aliphatic rings. The summed E-state index contributed by atoms with van der Waals surface area (Å²) in [4.78, 5) is 13.3. The molecule has 0 bridgehead atoms. The van der Waals surface area contributed by atoms with E-state index in [1.165, 1.54) is 0 Å². The van der Waals surface area contributed by atoms with Gasteiger partial charge in [0.2, 0.25) is 0 Å². The highest BCUT2D eigenvalue weighted by Crippen LogP contribution is 2.47. The number of carbonyl (C=O) groups excluding carboxylic acids is 1. The van der Waals surface area contributed by atoms with Crippen LogP contribution in [0.25, 0.3) is 0 Å². The lowest BCUT2D eigenvalue weighted by Gasteiger charge is -2.31. The van der Waals surface area contributed by atoms with Gasteiger partial charge < -0.3 is 4.74 Å². The van der Waals surface area contributed by atoms with Crippen LogP contribution in [0.5, 0.6) is 0 Å². The highest BCUT2D eigenvalue weighted by atomic mass is 35.5. The van der Waals surface area contributed by atoms with E-state index in [1.54, 1.807) is 0 Å². The van der Waals surface area contributed by atoms with Gasteiger partial charge in [0.05, 0.1) is 12.7 Å². The summed E-state index contributed by atoms with van der Waals surface area (Å²) >= 11 is 0. The maximum atomic E-state index is 13.3. The molecule has 0 aliphatic carbocycles. The first-order valence-corrected chi connectivity index (χ1v) is 8.93. The van der Waals surface area contributed by atoms with Crippen LogP contribution in [0.3, 0.4) is 0 Å². The molecule has 1 saturated heterocycles. The molecule has 1 fully saturated rings. The third-order valence-electron chi connectivity index (χ3n) is 5.41. The van der Waals surface area contributed by atoms with E-state index in [0.29, 0.717) is 6.54 Å². The van der Waals surface area contributed by atoms with Crippen LogP contribution in [0.2, 0.25) is 0 Å². The third-order valence-corrected chi connectivity index (χ3v) is 5.41. The van der Waals surface area contributed by atoms with Crippen LogP contribution in [0, 0.1) is 12.8 Å². The first-order valence-electron chi connectivity index (χ1n) is 8.93. The van der Waals surface area contributed by atoms with E-state index in [4.69, 9.17) is 4.74 Å². The summed E-state index contributed by atoms with van der Waals surface area (Å²) in [5.41, 5.74) is 2.25. The number of nitrogens with zero attached hydrogens (tertiary/aromatic N) is 2. The summed E-state index contributed by atoms with van der Waals surface area (Å²) in [7, 11) is 0. The Labute approximate surface area is 165 Å². The minimum atomic E-state index is -0.796. The van der Waals surface area contributed by atoms with Crippen LogP contribution >= 0.6 is 12.4 Å². The van der Waals surface area contributed by atoms with E-state index in [2.05, 4.69) is 12.0 Å². The van der Waals surface area contributed by atoms with E-state index >= 15 is 0 Å². The smallest absolute Gasteiger partial charge is 0.321 e. The molecular weight excluding hydrogens is 360 g/mol. The molecule has 4 nitrogen and oxygen atoms in total. The van der Waals surface area contributed by atoms with Gasteiger partial charge in [-0.25, -0.2) is 0 Å². The molecule has 2 heterocycles. The Kier molecular flexibility index (Phi) is 5.38. The molecule has 2 unspecified atom stereocenters. The second-order valence-corrected chi connectivity index (χ2v) is 7.01. The van der Waals surface area contributed by atoms with E-state index in [0.717, 1.165) is 16.7 Å². The number of ether oxygens (including phenoxy) is 1. The number of esters is 1. The summed E-state index contributed by atoms with van der Waals surface area (Å²) in [5, 5.41) is 4.36. The van der Waals surface area contributed by atoms with Gasteiger partial charge >= 0.3 is 5.97 Å². The van der Waals surface area contributed by atoms with Crippen LogP contribution < -0.4 is 0 Å². The first-order chi connectivity index (χ1) is 12.6. The van der Waals surface area contributed by atoms with E-state index in [-0.39, 0.29) is 30.4 Å². The van der Waals surface area contributed by atoms with Gasteiger partial charge in [-0.15, -0.1) is 12.4 Å². The van der Waals surface area contributed by atoms with Gasteiger partial charge in [0.15, 0.2) is 0 Å². The molecule has 0 saturated carbocycles. The number of halogens is 1. The summed E-state index contributed by atoms with van der Waals surface area (Å²) in [5.74, 6) is -0.208. The molecule has 4 rings (SSSR count). The van der Waals surface area contributed by atoms with Gasteiger partial charge in [-0.3, -0.25) is 9.48 Å². The topological polar surface area (TPSA) is 44.1 Å². The Hall–Kier alpha value is -2.59. The zero-order chi connectivity index (χ0) is 18.1. The Morgan fingerprint density at radius 3 is 2.07 bits per heavy atom. The van der Waals surface area contributed by atoms with Gasteiger partial charge in [0.25, 0.3) is 0 Å². The minimum Gasteiger partial charge on any atom is -0.459 e. The molecule has 1 aliphatic heterocycles. The van der Waals surface area contributed by atoms with Crippen LogP contribution in [-0.2, 0) is 21.5 Å². The number of aryl methyl sites for hydroxylation is 1. The fourth-order valence-corrected chi connectivity index (χ4v) is 4.07. The molecule has 2 aromatic carbocycles. The molecule has 0 radical (unpaired) electrons. The van der Waals surface area contributed by atoms with Gasteiger partial charge in [0, 0.05) is 12.1 Å². The molecular formula is C22H23ClN2O2. The van der Waals surface area contributed by atoms with E-state index in [9.17, 15) is 4.79 Å². The number of hydrogen-bond donors (Lipinski definition) is 0. The monoisotopic (exact) mass is 382 g/mol. The van der Waals surface area contributed by atoms with Gasteiger partial charge in [-0.05, 0) is 23.6 Å². The number of carbonyl (C=O) groups is 1. The summed E-state index contributed by atoms with van der Waals surface area (Å²) in [6.07, 6.45) is 3.57. The van der Waals surface area contributed by atoms with Crippen LogP contribution in [0.1, 0.15) is 23.6 Å².